The van der Waals surface area contributed by atoms with Crippen LogP contribution in [0.4, 0.5) is 4.79 Å². The highest BCUT2D eigenvalue weighted by Gasteiger charge is 2.02. The fraction of sp³-hybridized carbons (Fsp3) is 0.286. The standard InChI is InChI=1S/C7H11N3O/c1-10(7(8)11)5-6-2-3-9-4-6/h2-4,9H,5H2,1H3,(H2,8,11). The lowest BCUT2D eigenvalue weighted by Crippen LogP contribution is -2.31. The first kappa shape index (κ1) is 7.65. The Balaban J connectivity index is 2.50. The van der Waals surface area contributed by atoms with E-state index in [1.54, 1.807) is 7.05 Å². The van der Waals surface area contributed by atoms with E-state index in [2.05, 4.69) is 4.98 Å². The van der Waals surface area contributed by atoms with Gasteiger partial charge in [0.2, 0.25) is 0 Å². The highest BCUT2D eigenvalue weighted by Crippen LogP contribution is 1.99. The third-order valence-corrected chi connectivity index (χ3v) is 1.46. The molecule has 11 heavy (non-hydrogen) atoms. The van der Waals surface area contributed by atoms with Gasteiger partial charge in [-0.1, -0.05) is 0 Å². The number of rotatable bonds is 2. The molecule has 3 N–H and O–H groups in total. The van der Waals surface area contributed by atoms with E-state index in [1.165, 1.54) is 4.90 Å². The van der Waals surface area contributed by atoms with Crippen molar-refractivity contribution in [2.24, 2.45) is 5.73 Å². The molecule has 0 radical (unpaired) electrons. The predicted molar refractivity (Wildman–Crippen MR) is 41.8 cm³/mol. The van der Waals surface area contributed by atoms with Crippen LogP contribution >= 0.6 is 0 Å². The monoisotopic (exact) mass is 153 g/mol. The highest BCUT2D eigenvalue weighted by molar-refractivity contribution is 5.71. The van der Waals surface area contributed by atoms with Gasteiger partial charge < -0.3 is 15.6 Å². The summed E-state index contributed by atoms with van der Waals surface area (Å²) in [5.41, 5.74) is 6.08. The molecule has 0 aliphatic heterocycles. The first-order valence-electron chi connectivity index (χ1n) is 3.32. The minimum Gasteiger partial charge on any atom is -0.367 e. The zero-order valence-electron chi connectivity index (χ0n) is 6.37. The van der Waals surface area contributed by atoms with E-state index in [1.807, 2.05) is 18.5 Å². The largest absolute Gasteiger partial charge is 0.367 e. The Hall–Kier alpha value is -1.45. The number of carbonyl (C=O) groups excluding carboxylic acids is 1. The van der Waals surface area contributed by atoms with Gasteiger partial charge in [0.25, 0.3) is 0 Å². The van der Waals surface area contributed by atoms with Crippen LogP contribution in [0.15, 0.2) is 18.5 Å². The second-order valence-electron chi connectivity index (χ2n) is 2.41. The van der Waals surface area contributed by atoms with Crippen molar-refractivity contribution in [1.29, 1.82) is 0 Å². The van der Waals surface area contributed by atoms with Crippen molar-refractivity contribution < 1.29 is 4.79 Å². The maximum Gasteiger partial charge on any atom is 0.314 e. The number of H-pyrrole nitrogens is 1. The van der Waals surface area contributed by atoms with Crippen LogP contribution in [-0.4, -0.2) is 23.0 Å². The quantitative estimate of drug-likeness (QED) is 0.639. The van der Waals surface area contributed by atoms with Gasteiger partial charge in [0, 0.05) is 26.0 Å². The van der Waals surface area contributed by atoms with E-state index in [9.17, 15) is 4.79 Å². The molecule has 0 saturated heterocycles. The van der Waals surface area contributed by atoms with Crippen molar-refractivity contribution in [3.8, 4) is 0 Å². The lowest BCUT2D eigenvalue weighted by molar-refractivity contribution is 0.216. The van der Waals surface area contributed by atoms with Gasteiger partial charge in [-0.3, -0.25) is 0 Å². The van der Waals surface area contributed by atoms with Gasteiger partial charge >= 0.3 is 6.03 Å². The summed E-state index contributed by atoms with van der Waals surface area (Å²) in [6, 6.07) is 1.49. The summed E-state index contributed by atoms with van der Waals surface area (Å²) in [5, 5.41) is 0. The average Bonchev–Trinajstić information content (AvgIpc) is 2.39. The molecule has 0 aliphatic carbocycles. The van der Waals surface area contributed by atoms with Crippen LogP contribution in [0, 0.1) is 0 Å². The first-order chi connectivity index (χ1) is 5.20. The Bertz CT molecular complexity index is 230. The molecule has 2 amide bonds. The Kier molecular flexibility index (Phi) is 2.15. The number of nitrogens with two attached hydrogens (primary N) is 1. The van der Waals surface area contributed by atoms with Crippen molar-refractivity contribution in [1.82, 2.24) is 9.88 Å². The van der Waals surface area contributed by atoms with Crippen LogP contribution in [-0.2, 0) is 6.54 Å². The molecule has 0 aromatic carbocycles. The molecular formula is C7H11N3O. The molecule has 0 atom stereocenters. The molecule has 4 nitrogen and oxygen atoms in total. The summed E-state index contributed by atoms with van der Waals surface area (Å²) in [6.45, 7) is 0.554. The van der Waals surface area contributed by atoms with E-state index in [-0.39, 0.29) is 0 Å². The Labute approximate surface area is 65.0 Å². The van der Waals surface area contributed by atoms with E-state index < -0.39 is 6.03 Å². The number of carbonyl (C=O) groups is 1. The molecule has 0 fully saturated rings. The number of aromatic amines is 1. The van der Waals surface area contributed by atoms with Crippen molar-refractivity contribution in [2.75, 3.05) is 7.05 Å². The number of nitrogens with one attached hydrogen (secondary N) is 1. The zero-order valence-corrected chi connectivity index (χ0v) is 6.37. The lowest BCUT2D eigenvalue weighted by atomic mass is 10.3. The van der Waals surface area contributed by atoms with Crippen molar-refractivity contribution in [3.05, 3.63) is 24.0 Å². The number of hydrogen-bond donors (Lipinski definition) is 2. The average molecular weight is 153 g/mol. The minimum absolute atomic E-state index is 0.411. The van der Waals surface area contributed by atoms with Crippen LogP contribution in [0.2, 0.25) is 0 Å². The molecule has 1 aromatic rings. The number of amides is 2. The maximum atomic E-state index is 10.6. The van der Waals surface area contributed by atoms with Crippen molar-refractivity contribution in [3.63, 3.8) is 0 Å². The lowest BCUT2D eigenvalue weighted by Gasteiger charge is -2.11. The molecule has 0 spiro atoms. The first-order valence-corrected chi connectivity index (χ1v) is 3.32. The second kappa shape index (κ2) is 3.09. The van der Waals surface area contributed by atoms with Crippen LogP contribution in [0.3, 0.4) is 0 Å². The van der Waals surface area contributed by atoms with E-state index >= 15 is 0 Å². The predicted octanol–water partition coefficient (Wildman–Crippen LogP) is 0.525. The Morgan fingerprint density at radius 3 is 3.00 bits per heavy atom. The third-order valence-electron chi connectivity index (χ3n) is 1.46. The van der Waals surface area contributed by atoms with Crippen LogP contribution in [0.1, 0.15) is 5.56 Å². The summed E-state index contributed by atoms with van der Waals surface area (Å²) in [5.74, 6) is 0. The molecule has 1 heterocycles. The van der Waals surface area contributed by atoms with Crippen molar-refractivity contribution >= 4 is 6.03 Å². The molecule has 0 unspecified atom stereocenters. The van der Waals surface area contributed by atoms with Gasteiger partial charge in [0.1, 0.15) is 0 Å². The minimum atomic E-state index is -0.411. The van der Waals surface area contributed by atoms with Crippen molar-refractivity contribution in [2.45, 2.75) is 6.54 Å². The van der Waals surface area contributed by atoms with Gasteiger partial charge in [0.05, 0.1) is 0 Å². The smallest absolute Gasteiger partial charge is 0.314 e. The molecule has 0 saturated carbocycles. The fourth-order valence-corrected chi connectivity index (χ4v) is 0.809. The fourth-order valence-electron chi connectivity index (χ4n) is 0.809. The zero-order chi connectivity index (χ0) is 8.27. The van der Waals surface area contributed by atoms with Crippen LogP contribution < -0.4 is 5.73 Å². The van der Waals surface area contributed by atoms with E-state index in [4.69, 9.17) is 5.73 Å². The SMILES string of the molecule is CN(Cc1cc[nH]c1)C(N)=O. The van der Waals surface area contributed by atoms with Gasteiger partial charge in [-0.2, -0.15) is 0 Å². The molecule has 1 aromatic heterocycles. The van der Waals surface area contributed by atoms with Gasteiger partial charge in [-0.15, -0.1) is 0 Å². The third kappa shape index (κ3) is 2.00. The topological polar surface area (TPSA) is 62.1 Å². The summed E-state index contributed by atoms with van der Waals surface area (Å²) in [7, 11) is 1.66. The Morgan fingerprint density at radius 1 is 1.82 bits per heavy atom. The Morgan fingerprint density at radius 2 is 2.55 bits per heavy atom. The molecule has 0 bridgehead atoms. The highest BCUT2D eigenvalue weighted by atomic mass is 16.2. The number of hydrogen-bond acceptors (Lipinski definition) is 1. The maximum absolute atomic E-state index is 10.6. The molecule has 0 aliphatic rings. The number of primary amides is 1. The molecule has 4 heteroatoms. The van der Waals surface area contributed by atoms with E-state index in [0.717, 1.165) is 5.56 Å². The van der Waals surface area contributed by atoms with Crippen LogP contribution in [0.5, 0.6) is 0 Å². The van der Waals surface area contributed by atoms with E-state index in [0.29, 0.717) is 6.54 Å². The normalized spacial score (nSPS) is 9.55. The summed E-state index contributed by atoms with van der Waals surface area (Å²) in [6.07, 6.45) is 3.64. The molecule has 60 valence electrons. The summed E-state index contributed by atoms with van der Waals surface area (Å²) in [4.78, 5) is 14.9. The second-order valence-corrected chi connectivity index (χ2v) is 2.41. The number of aromatic nitrogens is 1. The number of nitrogens with zero attached hydrogens (tertiary/aromatic N) is 1. The molecule has 1 rings (SSSR count). The van der Waals surface area contributed by atoms with Gasteiger partial charge in [-0.25, -0.2) is 4.79 Å². The number of urea groups is 1. The summed E-state index contributed by atoms with van der Waals surface area (Å²) < 4.78 is 0. The summed E-state index contributed by atoms with van der Waals surface area (Å²) >= 11 is 0. The van der Waals surface area contributed by atoms with Gasteiger partial charge in [0.15, 0.2) is 0 Å². The molecular weight excluding hydrogens is 142 g/mol. The van der Waals surface area contributed by atoms with Gasteiger partial charge in [-0.05, 0) is 11.6 Å². The van der Waals surface area contributed by atoms with Crippen LogP contribution in [0.25, 0.3) is 0 Å².